The van der Waals surface area contributed by atoms with E-state index < -0.39 is 5.97 Å². The second kappa shape index (κ2) is 10.1. The van der Waals surface area contributed by atoms with Crippen molar-refractivity contribution < 1.29 is 19.1 Å². The maximum Gasteiger partial charge on any atom is 0.339 e. The lowest BCUT2D eigenvalue weighted by Gasteiger charge is -2.12. The molecule has 0 radical (unpaired) electrons. The Hall–Kier alpha value is -2.40. The van der Waals surface area contributed by atoms with Gasteiger partial charge in [0, 0.05) is 12.1 Å². The molecule has 0 saturated heterocycles. The first-order chi connectivity index (χ1) is 14.4. The van der Waals surface area contributed by atoms with E-state index in [4.69, 9.17) is 21.1 Å². The highest BCUT2D eigenvalue weighted by Crippen LogP contribution is 2.24. The van der Waals surface area contributed by atoms with Crippen LogP contribution in [0.25, 0.3) is 10.2 Å². The zero-order chi connectivity index (χ0) is 21.7. The van der Waals surface area contributed by atoms with E-state index in [1.165, 1.54) is 41.2 Å². The van der Waals surface area contributed by atoms with Crippen molar-refractivity contribution in [2.45, 2.75) is 11.7 Å². The zero-order valence-electron chi connectivity index (χ0n) is 16.1. The lowest BCUT2D eigenvalue weighted by molar-refractivity contribution is -0.113. The molecule has 2 aromatic heterocycles. The minimum absolute atomic E-state index is 0.0256. The number of carbonyl (C=O) groups excluding carboxylic acids is 2. The molecule has 3 rings (SSSR count). The van der Waals surface area contributed by atoms with Crippen LogP contribution in [-0.4, -0.2) is 48.0 Å². The maximum atomic E-state index is 12.7. The second-order valence-electron chi connectivity index (χ2n) is 6.00. The van der Waals surface area contributed by atoms with Crippen LogP contribution in [0.2, 0.25) is 5.02 Å². The summed E-state index contributed by atoms with van der Waals surface area (Å²) in [6.45, 7) is 0.657. The van der Waals surface area contributed by atoms with Crippen LogP contribution in [0.15, 0.2) is 39.6 Å². The molecular weight excluding hydrogens is 450 g/mol. The average Bonchev–Trinajstić information content (AvgIpc) is 3.20. The molecule has 0 atom stereocenters. The van der Waals surface area contributed by atoms with Gasteiger partial charge in [0.25, 0.3) is 5.56 Å². The minimum atomic E-state index is -0.590. The summed E-state index contributed by atoms with van der Waals surface area (Å²) >= 11 is 8.43. The van der Waals surface area contributed by atoms with E-state index in [-0.39, 0.29) is 28.5 Å². The van der Waals surface area contributed by atoms with Crippen molar-refractivity contribution in [2.75, 3.05) is 31.9 Å². The second-order valence-corrected chi connectivity index (χ2v) is 8.29. The van der Waals surface area contributed by atoms with Gasteiger partial charge in [-0.2, -0.15) is 0 Å². The number of hydrogen-bond donors (Lipinski definition) is 1. The SMILES string of the molecule is COCCn1c(SCC(=O)Nc2cc(Cl)ccc2C(=O)OC)nc2ccsc2c1=O. The van der Waals surface area contributed by atoms with Gasteiger partial charge in [-0.3, -0.25) is 14.2 Å². The van der Waals surface area contributed by atoms with Gasteiger partial charge in [-0.25, -0.2) is 9.78 Å². The van der Waals surface area contributed by atoms with Gasteiger partial charge < -0.3 is 14.8 Å². The Bertz CT molecular complexity index is 1140. The van der Waals surface area contributed by atoms with Crippen LogP contribution in [-0.2, 0) is 20.8 Å². The highest BCUT2D eigenvalue weighted by molar-refractivity contribution is 7.99. The van der Waals surface area contributed by atoms with Crippen molar-refractivity contribution in [3.8, 4) is 0 Å². The average molecular weight is 468 g/mol. The summed E-state index contributed by atoms with van der Waals surface area (Å²) in [5, 5.41) is 5.24. The molecule has 158 valence electrons. The number of nitrogens with one attached hydrogen (secondary N) is 1. The number of rotatable bonds is 8. The summed E-state index contributed by atoms with van der Waals surface area (Å²) < 4.78 is 11.9. The topological polar surface area (TPSA) is 99.5 Å². The van der Waals surface area contributed by atoms with Gasteiger partial charge in [0.05, 0.1) is 42.8 Å². The fourth-order valence-electron chi connectivity index (χ4n) is 2.64. The van der Waals surface area contributed by atoms with Crippen molar-refractivity contribution in [1.82, 2.24) is 9.55 Å². The smallest absolute Gasteiger partial charge is 0.339 e. The van der Waals surface area contributed by atoms with Crippen LogP contribution in [0.1, 0.15) is 10.4 Å². The molecule has 0 spiro atoms. The van der Waals surface area contributed by atoms with Crippen LogP contribution in [0, 0.1) is 0 Å². The summed E-state index contributed by atoms with van der Waals surface area (Å²) in [5.41, 5.74) is 0.857. The molecule has 1 amide bonds. The number of anilines is 1. The van der Waals surface area contributed by atoms with Gasteiger partial charge in [0.1, 0.15) is 4.70 Å². The van der Waals surface area contributed by atoms with E-state index in [9.17, 15) is 14.4 Å². The number of methoxy groups -OCH3 is 2. The third-order valence-electron chi connectivity index (χ3n) is 4.04. The number of amides is 1. The molecule has 0 unspecified atom stereocenters. The lowest BCUT2D eigenvalue weighted by atomic mass is 10.2. The van der Waals surface area contributed by atoms with E-state index in [1.807, 2.05) is 0 Å². The first-order valence-electron chi connectivity index (χ1n) is 8.72. The Morgan fingerprint density at radius 1 is 1.30 bits per heavy atom. The molecule has 1 aromatic carbocycles. The summed E-state index contributed by atoms with van der Waals surface area (Å²) in [7, 11) is 2.80. The van der Waals surface area contributed by atoms with E-state index in [0.29, 0.717) is 33.5 Å². The van der Waals surface area contributed by atoms with Gasteiger partial charge in [-0.1, -0.05) is 23.4 Å². The van der Waals surface area contributed by atoms with Crippen LogP contribution in [0.4, 0.5) is 5.69 Å². The van der Waals surface area contributed by atoms with Crippen LogP contribution in [0.3, 0.4) is 0 Å². The fraction of sp³-hybridized carbons (Fsp3) is 0.263. The van der Waals surface area contributed by atoms with Gasteiger partial charge in [0.2, 0.25) is 5.91 Å². The monoisotopic (exact) mass is 467 g/mol. The number of esters is 1. The Morgan fingerprint density at radius 2 is 2.10 bits per heavy atom. The Labute approximate surface area is 185 Å². The zero-order valence-corrected chi connectivity index (χ0v) is 18.5. The molecule has 8 nitrogen and oxygen atoms in total. The predicted octanol–water partition coefficient (Wildman–Crippen LogP) is 3.28. The van der Waals surface area contributed by atoms with Gasteiger partial charge in [0.15, 0.2) is 5.16 Å². The first-order valence-corrected chi connectivity index (χ1v) is 11.0. The van der Waals surface area contributed by atoms with E-state index in [2.05, 4.69) is 10.3 Å². The quantitative estimate of drug-likeness (QED) is 0.308. The number of halogens is 1. The number of benzene rings is 1. The maximum absolute atomic E-state index is 12.7. The largest absolute Gasteiger partial charge is 0.465 e. The molecule has 0 aliphatic rings. The fourth-order valence-corrected chi connectivity index (χ4v) is 4.41. The summed E-state index contributed by atoms with van der Waals surface area (Å²) in [5.74, 6) is -1.000. The molecule has 0 aliphatic carbocycles. The molecule has 11 heteroatoms. The highest BCUT2D eigenvalue weighted by Gasteiger charge is 2.17. The number of fused-ring (bicyclic) bond motifs is 1. The molecule has 30 heavy (non-hydrogen) atoms. The third-order valence-corrected chi connectivity index (χ3v) is 6.15. The Morgan fingerprint density at radius 3 is 2.83 bits per heavy atom. The number of nitrogens with zero attached hydrogens (tertiary/aromatic N) is 2. The molecule has 0 saturated carbocycles. The number of ether oxygens (including phenoxy) is 2. The number of carbonyl (C=O) groups is 2. The van der Waals surface area contributed by atoms with Crippen molar-refractivity contribution >= 4 is 62.5 Å². The molecule has 2 heterocycles. The van der Waals surface area contributed by atoms with E-state index in [0.717, 1.165) is 11.8 Å². The third kappa shape index (κ3) is 5.01. The highest BCUT2D eigenvalue weighted by atomic mass is 35.5. The Balaban J connectivity index is 1.80. The molecule has 0 fully saturated rings. The summed E-state index contributed by atoms with van der Waals surface area (Å²) in [4.78, 5) is 41.7. The molecular formula is C19H18ClN3O5S2. The van der Waals surface area contributed by atoms with Crippen LogP contribution < -0.4 is 10.9 Å². The number of hydrogen-bond acceptors (Lipinski definition) is 8. The number of thiophene rings is 1. The Kier molecular flexibility index (Phi) is 7.48. The van der Waals surface area contributed by atoms with Crippen LogP contribution in [0.5, 0.6) is 0 Å². The molecule has 1 N–H and O–H groups in total. The lowest BCUT2D eigenvalue weighted by Crippen LogP contribution is -2.25. The summed E-state index contributed by atoms with van der Waals surface area (Å²) in [6, 6.07) is 6.25. The predicted molar refractivity (Wildman–Crippen MR) is 118 cm³/mol. The van der Waals surface area contributed by atoms with E-state index >= 15 is 0 Å². The number of aromatic nitrogens is 2. The van der Waals surface area contributed by atoms with Gasteiger partial charge in [-0.05, 0) is 29.6 Å². The van der Waals surface area contributed by atoms with Crippen molar-refractivity contribution in [3.63, 3.8) is 0 Å². The van der Waals surface area contributed by atoms with E-state index in [1.54, 1.807) is 18.6 Å². The first kappa shape index (κ1) is 22.3. The van der Waals surface area contributed by atoms with Crippen LogP contribution >= 0.6 is 34.7 Å². The normalized spacial score (nSPS) is 10.9. The standard InChI is InChI=1S/C19H18ClN3O5S2/c1-27-7-6-23-17(25)16-13(5-8-29-16)22-19(23)30-10-15(24)21-14-9-11(20)3-4-12(14)18(26)28-2/h3-5,8-9H,6-7,10H2,1-2H3,(H,21,24). The minimum Gasteiger partial charge on any atom is -0.465 e. The number of thioether (sulfide) groups is 1. The van der Waals surface area contributed by atoms with Crippen molar-refractivity contribution in [2.24, 2.45) is 0 Å². The van der Waals surface area contributed by atoms with Crippen molar-refractivity contribution in [1.29, 1.82) is 0 Å². The van der Waals surface area contributed by atoms with Gasteiger partial charge >= 0.3 is 5.97 Å². The van der Waals surface area contributed by atoms with Gasteiger partial charge in [-0.15, -0.1) is 11.3 Å². The summed E-state index contributed by atoms with van der Waals surface area (Å²) in [6.07, 6.45) is 0. The molecule has 0 bridgehead atoms. The molecule has 3 aromatic rings. The molecule has 0 aliphatic heterocycles. The van der Waals surface area contributed by atoms with Crippen molar-refractivity contribution in [3.05, 3.63) is 50.6 Å².